The summed E-state index contributed by atoms with van der Waals surface area (Å²) < 4.78 is 5.19. The van der Waals surface area contributed by atoms with Gasteiger partial charge in [0.2, 0.25) is 0 Å². The molecule has 0 unspecified atom stereocenters. The first-order valence-corrected chi connectivity index (χ1v) is 7.15. The lowest BCUT2D eigenvalue weighted by atomic mass is 10.2. The summed E-state index contributed by atoms with van der Waals surface area (Å²) in [6.45, 7) is 0.196. The van der Waals surface area contributed by atoms with Gasteiger partial charge < -0.3 is 15.2 Å². The van der Waals surface area contributed by atoms with E-state index in [2.05, 4.69) is 5.32 Å². The van der Waals surface area contributed by atoms with Gasteiger partial charge in [-0.15, -0.1) is 11.3 Å². The molecule has 0 aliphatic carbocycles. The van der Waals surface area contributed by atoms with E-state index in [1.165, 1.54) is 19.2 Å². The molecular formula is C14H12ClNO4S. The number of hydrogen-bond acceptors (Lipinski definition) is 4. The third-order valence-electron chi connectivity index (χ3n) is 2.76. The maximum atomic E-state index is 12.0. The predicted molar refractivity (Wildman–Crippen MR) is 80.5 cm³/mol. The lowest BCUT2D eigenvalue weighted by molar-refractivity contribution is 0.0702. The Morgan fingerprint density at radius 3 is 2.62 bits per heavy atom. The average molecular weight is 326 g/mol. The van der Waals surface area contributed by atoms with Crippen LogP contribution in [0.3, 0.4) is 0 Å². The molecule has 5 nitrogen and oxygen atoms in total. The second kappa shape index (κ2) is 6.60. The molecule has 0 spiro atoms. The zero-order chi connectivity index (χ0) is 15.4. The van der Waals surface area contributed by atoms with Crippen LogP contribution < -0.4 is 10.1 Å². The normalized spacial score (nSPS) is 10.2. The number of hydrogen-bond donors (Lipinski definition) is 2. The average Bonchev–Trinajstić information content (AvgIpc) is 2.95. The molecule has 0 fully saturated rings. The number of halogens is 1. The van der Waals surface area contributed by atoms with E-state index in [1.54, 1.807) is 18.2 Å². The molecule has 0 aliphatic heterocycles. The van der Waals surface area contributed by atoms with Crippen LogP contribution in [0.5, 0.6) is 5.75 Å². The van der Waals surface area contributed by atoms with Crippen LogP contribution in [0.1, 0.15) is 24.9 Å². The lowest BCUT2D eigenvalue weighted by Crippen LogP contribution is -2.22. The summed E-state index contributed by atoms with van der Waals surface area (Å²) in [5.74, 6) is -0.818. The summed E-state index contributed by atoms with van der Waals surface area (Å²) in [7, 11) is 1.52. The van der Waals surface area contributed by atoms with E-state index in [9.17, 15) is 9.59 Å². The lowest BCUT2D eigenvalue weighted by Gasteiger charge is -2.10. The van der Waals surface area contributed by atoms with Crippen LogP contribution >= 0.6 is 22.9 Å². The monoisotopic (exact) mass is 325 g/mol. The molecule has 2 N–H and O–H groups in total. The number of benzene rings is 1. The molecule has 1 amide bonds. The summed E-state index contributed by atoms with van der Waals surface area (Å²) in [5, 5.41) is 12.0. The van der Waals surface area contributed by atoms with Gasteiger partial charge in [-0.1, -0.05) is 17.7 Å². The van der Waals surface area contributed by atoms with E-state index < -0.39 is 5.97 Å². The molecule has 7 heteroatoms. The Kier molecular flexibility index (Phi) is 4.82. The molecule has 1 heterocycles. The molecule has 0 saturated heterocycles. The molecule has 0 saturated carbocycles. The fourth-order valence-corrected chi connectivity index (χ4v) is 2.73. The Hall–Kier alpha value is -2.05. The summed E-state index contributed by atoms with van der Waals surface area (Å²) in [4.78, 5) is 23.2. The topological polar surface area (TPSA) is 75.6 Å². The first kappa shape index (κ1) is 15.3. The van der Waals surface area contributed by atoms with Gasteiger partial charge in [0, 0.05) is 17.1 Å². The highest BCUT2D eigenvalue weighted by atomic mass is 35.5. The van der Waals surface area contributed by atoms with Crippen LogP contribution in [0.25, 0.3) is 0 Å². The van der Waals surface area contributed by atoms with Gasteiger partial charge in [0.1, 0.15) is 10.6 Å². The van der Waals surface area contributed by atoms with Crippen LogP contribution in [-0.4, -0.2) is 24.1 Å². The molecule has 2 rings (SSSR count). The van der Waals surface area contributed by atoms with Gasteiger partial charge in [0.15, 0.2) is 0 Å². The Morgan fingerprint density at radius 1 is 1.29 bits per heavy atom. The van der Waals surface area contributed by atoms with Crippen molar-refractivity contribution in [3.63, 3.8) is 0 Å². The van der Waals surface area contributed by atoms with Crippen molar-refractivity contribution in [2.75, 3.05) is 7.11 Å². The Balaban J connectivity index is 2.09. The maximum absolute atomic E-state index is 12.0. The van der Waals surface area contributed by atoms with Gasteiger partial charge in [-0.05, 0) is 24.3 Å². The molecule has 110 valence electrons. The third-order valence-corrected chi connectivity index (χ3v) is 4.19. The molecule has 2 aromatic rings. The minimum Gasteiger partial charge on any atom is -0.496 e. The highest BCUT2D eigenvalue weighted by molar-refractivity contribution is 7.15. The number of ether oxygens (including phenoxy) is 1. The number of methoxy groups -OCH3 is 1. The standard InChI is InChI=1S/C14H12ClNO4S/c1-20-10-4-2-3-9(15)8(10)7-16-13(17)11-5-6-12(21-11)14(18)19/h2-6H,7H2,1H3,(H,16,17)(H,18,19). The number of carbonyl (C=O) groups excluding carboxylic acids is 1. The molecule has 21 heavy (non-hydrogen) atoms. The zero-order valence-electron chi connectivity index (χ0n) is 11.1. The minimum absolute atomic E-state index is 0.121. The van der Waals surface area contributed by atoms with Crippen LogP contribution in [-0.2, 0) is 6.54 Å². The van der Waals surface area contributed by atoms with Crippen molar-refractivity contribution in [1.82, 2.24) is 5.32 Å². The molecular weight excluding hydrogens is 314 g/mol. The van der Waals surface area contributed by atoms with Crippen LogP contribution in [0.2, 0.25) is 5.02 Å². The molecule has 0 radical (unpaired) electrons. The fraction of sp³-hybridized carbons (Fsp3) is 0.143. The van der Waals surface area contributed by atoms with Gasteiger partial charge in [-0.2, -0.15) is 0 Å². The summed E-state index contributed by atoms with van der Waals surface area (Å²) >= 11 is 7.00. The second-order valence-electron chi connectivity index (χ2n) is 4.07. The smallest absolute Gasteiger partial charge is 0.345 e. The second-order valence-corrected chi connectivity index (χ2v) is 5.56. The SMILES string of the molecule is COc1cccc(Cl)c1CNC(=O)c1ccc(C(=O)O)s1. The maximum Gasteiger partial charge on any atom is 0.345 e. The minimum atomic E-state index is -1.05. The van der Waals surface area contributed by atoms with Crippen molar-refractivity contribution >= 4 is 34.8 Å². The summed E-state index contributed by atoms with van der Waals surface area (Å²) in [6.07, 6.45) is 0. The van der Waals surface area contributed by atoms with Crippen molar-refractivity contribution in [2.45, 2.75) is 6.54 Å². The van der Waals surface area contributed by atoms with E-state index in [1.807, 2.05) is 0 Å². The van der Waals surface area contributed by atoms with Gasteiger partial charge in [0.05, 0.1) is 12.0 Å². The van der Waals surface area contributed by atoms with Gasteiger partial charge >= 0.3 is 5.97 Å². The first-order valence-electron chi connectivity index (χ1n) is 5.95. The van der Waals surface area contributed by atoms with Gasteiger partial charge in [-0.25, -0.2) is 4.79 Å². The molecule has 1 aromatic carbocycles. The number of carboxylic acids is 1. The Bertz CT molecular complexity index is 683. The number of nitrogens with one attached hydrogen (secondary N) is 1. The Labute approximate surface area is 130 Å². The van der Waals surface area contributed by atoms with E-state index in [4.69, 9.17) is 21.4 Å². The first-order chi connectivity index (χ1) is 10.0. The van der Waals surface area contributed by atoms with Gasteiger partial charge in [-0.3, -0.25) is 4.79 Å². The van der Waals surface area contributed by atoms with Crippen molar-refractivity contribution in [2.24, 2.45) is 0 Å². The Morgan fingerprint density at radius 2 is 2.00 bits per heavy atom. The largest absolute Gasteiger partial charge is 0.496 e. The number of thiophene rings is 1. The van der Waals surface area contributed by atoms with Crippen molar-refractivity contribution in [3.05, 3.63) is 50.7 Å². The summed E-state index contributed by atoms with van der Waals surface area (Å²) in [6, 6.07) is 8.09. The van der Waals surface area contributed by atoms with Crippen molar-refractivity contribution in [1.29, 1.82) is 0 Å². The number of aromatic carboxylic acids is 1. The summed E-state index contributed by atoms with van der Waals surface area (Å²) in [5.41, 5.74) is 0.671. The predicted octanol–water partition coefficient (Wildman–Crippen LogP) is 3.04. The van der Waals surface area contributed by atoms with Crippen LogP contribution in [0.15, 0.2) is 30.3 Å². The van der Waals surface area contributed by atoms with Crippen molar-refractivity contribution < 1.29 is 19.4 Å². The van der Waals surface area contributed by atoms with Crippen LogP contribution in [0, 0.1) is 0 Å². The number of carbonyl (C=O) groups is 2. The zero-order valence-corrected chi connectivity index (χ0v) is 12.6. The molecule has 0 bridgehead atoms. The van der Waals surface area contributed by atoms with E-state index in [0.717, 1.165) is 11.3 Å². The highest BCUT2D eigenvalue weighted by Gasteiger charge is 2.14. The quantitative estimate of drug-likeness (QED) is 0.886. The number of carboxylic acid groups (broad SMARTS) is 1. The van der Waals surface area contributed by atoms with E-state index in [0.29, 0.717) is 21.2 Å². The van der Waals surface area contributed by atoms with Gasteiger partial charge in [0.25, 0.3) is 5.91 Å². The number of amides is 1. The third kappa shape index (κ3) is 3.53. The van der Waals surface area contributed by atoms with E-state index in [-0.39, 0.29) is 17.3 Å². The van der Waals surface area contributed by atoms with E-state index >= 15 is 0 Å². The fourth-order valence-electron chi connectivity index (χ4n) is 1.73. The highest BCUT2D eigenvalue weighted by Crippen LogP contribution is 2.26. The van der Waals surface area contributed by atoms with Crippen LogP contribution in [0.4, 0.5) is 0 Å². The van der Waals surface area contributed by atoms with Crippen molar-refractivity contribution in [3.8, 4) is 5.75 Å². The molecule has 0 atom stereocenters. The molecule has 1 aromatic heterocycles. The molecule has 0 aliphatic rings. The number of rotatable bonds is 5.